The number of rotatable bonds is 3. The van der Waals surface area contributed by atoms with Crippen LogP contribution in [0.4, 0.5) is 0 Å². The van der Waals surface area contributed by atoms with Gasteiger partial charge >= 0.3 is 0 Å². The highest BCUT2D eigenvalue weighted by molar-refractivity contribution is 7.91. The van der Waals surface area contributed by atoms with E-state index in [2.05, 4.69) is 9.97 Å². The minimum atomic E-state index is -3.83. The van der Waals surface area contributed by atoms with Crippen LogP contribution in [0.25, 0.3) is 22.2 Å². The van der Waals surface area contributed by atoms with Crippen molar-refractivity contribution in [2.75, 3.05) is 0 Å². The van der Waals surface area contributed by atoms with Crippen molar-refractivity contribution in [3.05, 3.63) is 78.5 Å². The number of nitrogens with one attached hydrogen (secondary N) is 1. The first-order valence-electron chi connectivity index (χ1n) is 9.17. The van der Waals surface area contributed by atoms with Crippen LogP contribution in [0.3, 0.4) is 0 Å². The van der Waals surface area contributed by atoms with Crippen molar-refractivity contribution in [3.8, 4) is 11.3 Å². The molecule has 0 aliphatic carbocycles. The number of H-pyrrole nitrogens is 1. The van der Waals surface area contributed by atoms with Crippen molar-refractivity contribution in [1.29, 1.82) is 0 Å². The van der Waals surface area contributed by atoms with Crippen molar-refractivity contribution < 1.29 is 8.42 Å². The minimum Gasteiger partial charge on any atom is -0.353 e. The van der Waals surface area contributed by atoms with Crippen molar-refractivity contribution in [2.45, 2.75) is 36.1 Å². The smallest absolute Gasteiger partial charge is 0.226 e. The molecule has 0 fully saturated rings. The van der Waals surface area contributed by atoms with E-state index in [1.807, 2.05) is 81.4 Å². The second-order valence-electron chi connectivity index (χ2n) is 7.86. The average molecular weight is 391 g/mol. The highest BCUT2D eigenvalue weighted by Gasteiger charge is 2.29. The molecule has 0 unspecified atom stereocenters. The summed E-state index contributed by atoms with van der Waals surface area (Å²) in [6.45, 7) is 6.06. The third-order valence-electron chi connectivity index (χ3n) is 4.76. The van der Waals surface area contributed by atoms with Gasteiger partial charge in [0.25, 0.3) is 0 Å². The molecule has 142 valence electrons. The molecule has 0 spiro atoms. The first-order chi connectivity index (χ1) is 13.3. The number of aromatic nitrogens is 2. The molecule has 4 aromatic rings. The van der Waals surface area contributed by atoms with Crippen LogP contribution in [-0.4, -0.2) is 18.4 Å². The Morgan fingerprint density at radius 2 is 1.50 bits per heavy atom. The molecule has 2 heterocycles. The number of fused-ring (bicyclic) bond motifs is 1. The fraction of sp³-hybridized carbons (Fsp3) is 0.174. The van der Waals surface area contributed by atoms with E-state index in [0.717, 1.165) is 16.8 Å². The van der Waals surface area contributed by atoms with E-state index in [9.17, 15) is 8.42 Å². The Bertz CT molecular complexity index is 1250. The molecule has 0 amide bonds. The van der Waals surface area contributed by atoms with Gasteiger partial charge in [0.1, 0.15) is 4.90 Å². The van der Waals surface area contributed by atoms with Gasteiger partial charge in [-0.3, -0.25) is 0 Å². The highest BCUT2D eigenvalue weighted by Crippen LogP contribution is 2.37. The van der Waals surface area contributed by atoms with Gasteiger partial charge < -0.3 is 4.98 Å². The minimum absolute atomic E-state index is 0.0712. The molecule has 0 saturated carbocycles. The molecule has 0 atom stereocenters. The molecule has 4 rings (SSSR count). The van der Waals surface area contributed by atoms with Crippen LogP contribution < -0.4 is 0 Å². The largest absolute Gasteiger partial charge is 0.353 e. The molecule has 1 N–H and O–H groups in total. The molecule has 4 nitrogen and oxygen atoms in total. The number of hydrogen-bond acceptors (Lipinski definition) is 3. The van der Waals surface area contributed by atoms with Crippen LogP contribution in [0, 0.1) is 0 Å². The Balaban J connectivity index is 2.01. The third kappa shape index (κ3) is 3.12. The van der Waals surface area contributed by atoms with E-state index in [1.54, 1.807) is 12.1 Å². The Labute approximate surface area is 165 Å². The molecule has 0 aliphatic heterocycles. The van der Waals surface area contributed by atoms with Crippen molar-refractivity contribution in [1.82, 2.24) is 9.97 Å². The summed E-state index contributed by atoms with van der Waals surface area (Å²) in [6.07, 6.45) is 0. The maximum atomic E-state index is 13.7. The fourth-order valence-corrected chi connectivity index (χ4v) is 4.88. The van der Waals surface area contributed by atoms with E-state index >= 15 is 0 Å². The van der Waals surface area contributed by atoms with Crippen LogP contribution >= 0.6 is 0 Å². The topological polar surface area (TPSA) is 62.8 Å². The second kappa shape index (κ2) is 6.60. The van der Waals surface area contributed by atoms with E-state index in [4.69, 9.17) is 0 Å². The Morgan fingerprint density at radius 1 is 0.821 bits per heavy atom. The van der Waals surface area contributed by atoms with E-state index in [0.29, 0.717) is 11.1 Å². The molecular formula is C23H22N2O2S. The molecule has 2 aromatic heterocycles. The van der Waals surface area contributed by atoms with Gasteiger partial charge in [-0.25, -0.2) is 13.4 Å². The molecule has 2 aromatic carbocycles. The predicted octanol–water partition coefficient (Wildman–Crippen LogP) is 5.36. The number of benzene rings is 2. The number of pyridine rings is 1. The summed E-state index contributed by atoms with van der Waals surface area (Å²) in [5, 5.41) is 0.742. The van der Waals surface area contributed by atoms with Gasteiger partial charge in [-0.1, -0.05) is 75.4 Å². The lowest BCUT2D eigenvalue weighted by Gasteiger charge is -2.18. The predicted molar refractivity (Wildman–Crippen MR) is 112 cm³/mol. The van der Waals surface area contributed by atoms with Gasteiger partial charge in [0.05, 0.1) is 5.69 Å². The monoisotopic (exact) mass is 390 g/mol. The summed E-state index contributed by atoms with van der Waals surface area (Å²) in [6, 6.07) is 22.2. The van der Waals surface area contributed by atoms with Crippen molar-refractivity contribution in [2.24, 2.45) is 0 Å². The summed E-state index contributed by atoms with van der Waals surface area (Å²) in [5.41, 5.74) is 2.70. The van der Waals surface area contributed by atoms with Crippen LogP contribution in [0.1, 0.15) is 26.5 Å². The summed E-state index contributed by atoms with van der Waals surface area (Å²) in [4.78, 5) is 8.08. The first-order valence-corrected chi connectivity index (χ1v) is 10.7. The Hall–Kier alpha value is -2.92. The van der Waals surface area contributed by atoms with Gasteiger partial charge in [0.2, 0.25) is 9.84 Å². The average Bonchev–Trinajstić information content (AvgIpc) is 3.08. The third-order valence-corrected chi connectivity index (χ3v) is 6.50. The Morgan fingerprint density at radius 3 is 2.21 bits per heavy atom. The fourth-order valence-electron chi connectivity index (χ4n) is 3.29. The van der Waals surface area contributed by atoms with Crippen LogP contribution in [0.2, 0.25) is 0 Å². The molecule has 28 heavy (non-hydrogen) atoms. The summed E-state index contributed by atoms with van der Waals surface area (Å²) in [7, 11) is -3.83. The number of sulfone groups is 1. The van der Waals surface area contributed by atoms with Crippen molar-refractivity contribution in [3.63, 3.8) is 0 Å². The molecular weight excluding hydrogens is 368 g/mol. The maximum Gasteiger partial charge on any atom is 0.226 e. The Kier molecular flexibility index (Phi) is 4.35. The lowest BCUT2D eigenvalue weighted by Crippen LogP contribution is -2.16. The summed E-state index contributed by atoms with van der Waals surface area (Å²) in [5.74, 6) is 0. The molecule has 0 saturated heterocycles. The van der Waals surface area contributed by atoms with Gasteiger partial charge in [0.15, 0.2) is 5.03 Å². The molecule has 0 aliphatic rings. The zero-order valence-corrected chi connectivity index (χ0v) is 16.9. The van der Waals surface area contributed by atoms with Gasteiger partial charge in [-0.2, -0.15) is 0 Å². The number of hydrogen-bond donors (Lipinski definition) is 1. The number of para-hydroxylation sites is 1. The molecule has 0 bridgehead atoms. The maximum absolute atomic E-state index is 13.7. The van der Waals surface area contributed by atoms with Crippen LogP contribution in [0.5, 0.6) is 0 Å². The SMILES string of the molecule is CC(C)(C)c1cccc(S(=O)(=O)c2c(-c3ccccc3)[nH]c3ccccc23)n1. The lowest BCUT2D eigenvalue weighted by atomic mass is 9.92. The molecule has 0 radical (unpaired) electrons. The standard InChI is InChI=1S/C23H22N2O2S/c1-23(2,3)19-14-9-15-20(25-19)28(26,27)22-17-12-7-8-13-18(17)24-21(22)16-10-5-4-6-11-16/h4-15,24H,1-3H3. The van der Waals surface area contributed by atoms with E-state index < -0.39 is 9.84 Å². The number of aromatic amines is 1. The normalized spacial score (nSPS) is 12.4. The van der Waals surface area contributed by atoms with Crippen LogP contribution in [-0.2, 0) is 15.3 Å². The molecule has 5 heteroatoms. The summed E-state index contributed by atoms with van der Waals surface area (Å²) >= 11 is 0. The summed E-state index contributed by atoms with van der Waals surface area (Å²) < 4.78 is 27.4. The van der Waals surface area contributed by atoms with Crippen LogP contribution in [0.15, 0.2) is 82.7 Å². The number of nitrogens with zero attached hydrogens (tertiary/aromatic N) is 1. The highest BCUT2D eigenvalue weighted by atomic mass is 32.2. The second-order valence-corrected chi connectivity index (χ2v) is 9.69. The van der Waals surface area contributed by atoms with E-state index in [1.165, 1.54) is 0 Å². The van der Waals surface area contributed by atoms with Gasteiger partial charge in [-0.15, -0.1) is 0 Å². The lowest BCUT2D eigenvalue weighted by molar-refractivity contribution is 0.556. The quantitative estimate of drug-likeness (QED) is 0.512. The van der Waals surface area contributed by atoms with Crippen molar-refractivity contribution >= 4 is 20.7 Å². The zero-order chi connectivity index (χ0) is 19.9. The van der Waals surface area contributed by atoms with E-state index in [-0.39, 0.29) is 15.3 Å². The first kappa shape index (κ1) is 18.4. The zero-order valence-electron chi connectivity index (χ0n) is 16.1. The van der Waals surface area contributed by atoms with Gasteiger partial charge in [-0.05, 0) is 23.8 Å². The van der Waals surface area contributed by atoms with Gasteiger partial charge in [0, 0.05) is 22.0 Å².